The van der Waals surface area contributed by atoms with Gasteiger partial charge in [-0.25, -0.2) is 8.42 Å². The van der Waals surface area contributed by atoms with Crippen molar-refractivity contribution in [1.29, 1.82) is 0 Å². The van der Waals surface area contributed by atoms with E-state index in [1.165, 1.54) is 4.31 Å². The van der Waals surface area contributed by atoms with Gasteiger partial charge in [0.1, 0.15) is 6.04 Å². The summed E-state index contributed by atoms with van der Waals surface area (Å²) >= 11 is 3.30. The van der Waals surface area contributed by atoms with Crippen molar-refractivity contribution in [3.8, 4) is 0 Å². The van der Waals surface area contributed by atoms with Crippen molar-refractivity contribution in [2.75, 3.05) is 32.8 Å². The summed E-state index contributed by atoms with van der Waals surface area (Å²) in [4.78, 5) is 13.9. The molecule has 0 radical (unpaired) electrons. The molecule has 0 bridgehead atoms. The second-order valence-electron chi connectivity index (χ2n) is 5.37. The van der Waals surface area contributed by atoms with E-state index in [0.717, 1.165) is 4.47 Å². The Morgan fingerprint density at radius 1 is 1.18 bits per heavy atom. The molecule has 0 N–H and O–H groups in total. The fourth-order valence-corrected chi connectivity index (χ4v) is 4.87. The van der Waals surface area contributed by atoms with E-state index >= 15 is 0 Å². The quantitative estimate of drug-likeness (QED) is 0.724. The Morgan fingerprint density at radius 2 is 1.91 bits per heavy atom. The van der Waals surface area contributed by atoms with Crippen LogP contribution in [0.1, 0.15) is 6.42 Å². The molecule has 0 aromatic heterocycles. The summed E-state index contributed by atoms with van der Waals surface area (Å²) in [5.41, 5.74) is 0. The van der Waals surface area contributed by atoms with Gasteiger partial charge in [0.05, 0.1) is 11.5 Å². The maximum atomic E-state index is 12.6. The molecule has 0 aliphatic carbocycles. The Balaban J connectivity index is 1.69. The van der Waals surface area contributed by atoms with Gasteiger partial charge in [-0.3, -0.25) is 9.69 Å². The van der Waals surface area contributed by atoms with Crippen LogP contribution in [0.25, 0.3) is 0 Å². The maximum Gasteiger partial charge on any atom is 0.323 e. The largest absolute Gasteiger partial charge is 0.464 e. The molecule has 1 aromatic rings. The first-order valence-electron chi connectivity index (χ1n) is 7.15. The van der Waals surface area contributed by atoms with Gasteiger partial charge in [0, 0.05) is 37.1 Å². The number of carbonyl (C=O) groups is 1. The average Bonchev–Trinajstić information content (AvgIpc) is 2.93. The Kier molecular flexibility index (Phi) is 4.54. The highest BCUT2D eigenvalue weighted by molar-refractivity contribution is 9.10. The van der Waals surface area contributed by atoms with Crippen LogP contribution >= 0.6 is 15.9 Å². The van der Waals surface area contributed by atoms with Crippen LogP contribution in [0.15, 0.2) is 33.6 Å². The Morgan fingerprint density at radius 3 is 2.50 bits per heavy atom. The molecule has 1 aromatic carbocycles. The topological polar surface area (TPSA) is 66.9 Å². The highest BCUT2D eigenvalue weighted by Crippen LogP contribution is 2.23. The van der Waals surface area contributed by atoms with Gasteiger partial charge in [0.25, 0.3) is 0 Å². The minimum atomic E-state index is -3.48. The first-order chi connectivity index (χ1) is 10.5. The van der Waals surface area contributed by atoms with Crippen LogP contribution in [0.2, 0.25) is 0 Å². The molecule has 2 aliphatic rings. The van der Waals surface area contributed by atoms with Gasteiger partial charge in [-0.2, -0.15) is 4.31 Å². The van der Waals surface area contributed by atoms with E-state index in [9.17, 15) is 13.2 Å². The number of benzene rings is 1. The summed E-state index contributed by atoms with van der Waals surface area (Å²) in [6.45, 7) is 2.33. The van der Waals surface area contributed by atoms with Crippen LogP contribution in [0, 0.1) is 0 Å². The number of carbonyl (C=O) groups excluding carboxylic acids is 1. The molecule has 3 rings (SSSR count). The first kappa shape index (κ1) is 15.9. The minimum Gasteiger partial charge on any atom is -0.464 e. The molecule has 0 spiro atoms. The smallest absolute Gasteiger partial charge is 0.323 e. The molecule has 2 saturated heterocycles. The lowest BCUT2D eigenvalue weighted by Crippen LogP contribution is -2.52. The zero-order valence-corrected chi connectivity index (χ0v) is 14.3. The predicted molar refractivity (Wildman–Crippen MR) is 83.8 cm³/mol. The summed E-state index contributed by atoms with van der Waals surface area (Å²) in [6.07, 6.45) is 0.692. The number of nitrogens with zero attached hydrogens (tertiary/aromatic N) is 2. The van der Waals surface area contributed by atoms with Gasteiger partial charge in [0.15, 0.2) is 0 Å². The first-order valence-corrected chi connectivity index (χ1v) is 9.38. The highest BCUT2D eigenvalue weighted by atomic mass is 79.9. The van der Waals surface area contributed by atoms with Crippen molar-refractivity contribution >= 4 is 31.9 Å². The van der Waals surface area contributed by atoms with E-state index < -0.39 is 10.0 Å². The van der Waals surface area contributed by atoms with Crippen molar-refractivity contribution < 1.29 is 17.9 Å². The van der Waals surface area contributed by atoms with Crippen LogP contribution in [0.3, 0.4) is 0 Å². The van der Waals surface area contributed by atoms with Crippen molar-refractivity contribution in [3.63, 3.8) is 0 Å². The van der Waals surface area contributed by atoms with E-state index in [1.54, 1.807) is 24.3 Å². The molecule has 22 heavy (non-hydrogen) atoms. The fraction of sp³-hybridized carbons (Fsp3) is 0.500. The molecule has 6 nitrogen and oxygen atoms in total. The Hall–Kier alpha value is -0.960. The van der Waals surface area contributed by atoms with E-state index in [-0.39, 0.29) is 16.9 Å². The number of halogens is 1. The van der Waals surface area contributed by atoms with Crippen molar-refractivity contribution in [3.05, 3.63) is 28.7 Å². The standard InChI is InChI=1S/C14H17BrN2O4S/c15-11-2-1-3-12(10-11)22(19,20)17-7-5-16(6-8-17)13-4-9-21-14(13)18/h1-3,10,13H,4-9H2/t13-/m1/s1. The van der Waals surface area contributed by atoms with Crippen LogP contribution in [0.4, 0.5) is 0 Å². The summed E-state index contributed by atoms with van der Waals surface area (Å²) < 4.78 is 32.4. The van der Waals surface area contributed by atoms with Crippen LogP contribution in [-0.4, -0.2) is 62.4 Å². The Labute approximate surface area is 138 Å². The van der Waals surface area contributed by atoms with Crippen LogP contribution < -0.4 is 0 Å². The molecule has 2 fully saturated rings. The van der Waals surface area contributed by atoms with Gasteiger partial charge >= 0.3 is 5.97 Å². The summed E-state index contributed by atoms with van der Waals surface area (Å²) in [7, 11) is -3.48. The van der Waals surface area contributed by atoms with Crippen molar-refractivity contribution in [2.45, 2.75) is 17.4 Å². The second kappa shape index (κ2) is 6.27. The molecular weight excluding hydrogens is 372 g/mol. The van der Waals surface area contributed by atoms with Gasteiger partial charge in [-0.1, -0.05) is 22.0 Å². The molecule has 1 atom stereocenters. The molecule has 2 heterocycles. The van der Waals surface area contributed by atoms with E-state index in [0.29, 0.717) is 39.2 Å². The Bertz CT molecular complexity index is 671. The molecule has 8 heteroatoms. The van der Waals surface area contributed by atoms with E-state index in [2.05, 4.69) is 15.9 Å². The van der Waals surface area contributed by atoms with Crippen LogP contribution in [-0.2, 0) is 19.6 Å². The lowest BCUT2D eigenvalue weighted by atomic mass is 10.2. The normalized spacial score (nSPS) is 24.4. The molecule has 120 valence electrons. The summed E-state index contributed by atoms with van der Waals surface area (Å²) in [6, 6.07) is 6.50. The molecule has 0 amide bonds. The number of ether oxygens (including phenoxy) is 1. The van der Waals surface area contributed by atoms with Gasteiger partial charge < -0.3 is 4.74 Å². The number of rotatable bonds is 3. The number of cyclic esters (lactones) is 1. The third kappa shape index (κ3) is 3.05. The van der Waals surface area contributed by atoms with E-state index in [4.69, 9.17) is 4.74 Å². The third-order valence-corrected chi connectivity index (χ3v) is 6.44. The fourth-order valence-electron chi connectivity index (χ4n) is 2.85. The number of sulfonamides is 1. The van der Waals surface area contributed by atoms with Crippen molar-refractivity contribution in [1.82, 2.24) is 9.21 Å². The second-order valence-corrected chi connectivity index (χ2v) is 8.22. The van der Waals surface area contributed by atoms with Gasteiger partial charge in [-0.05, 0) is 18.2 Å². The highest BCUT2D eigenvalue weighted by Gasteiger charge is 2.36. The summed E-state index contributed by atoms with van der Waals surface area (Å²) in [5, 5.41) is 0. The number of piperazine rings is 1. The van der Waals surface area contributed by atoms with Gasteiger partial charge in [0.2, 0.25) is 10.0 Å². The number of hydrogen-bond acceptors (Lipinski definition) is 5. The minimum absolute atomic E-state index is 0.191. The zero-order valence-electron chi connectivity index (χ0n) is 11.9. The SMILES string of the molecule is O=C1OCC[C@H]1N1CCN(S(=O)(=O)c2cccc(Br)c2)CC1. The number of hydrogen-bond donors (Lipinski definition) is 0. The van der Waals surface area contributed by atoms with E-state index in [1.807, 2.05) is 4.90 Å². The molecule has 0 saturated carbocycles. The lowest BCUT2D eigenvalue weighted by molar-refractivity contribution is -0.142. The van der Waals surface area contributed by atoms with Crippen molar-refractivity contribution in [2.24, 2.45) is 0 Å². The summed E-state index contributed by atoms with van der Waals surface area (Å²) in [5.74, 6) is -0.191. The number of esters is 1. The predicted octanol–water partition coefficient (Wildman–Crippen LogP) is 1.07. The van der Waals surface area contributed by atoms with Crippen LogP contribution in [0.5, 0.6) is 0 Å². The molecular formula is C14H17BrN2O4S. The monoisotopic (exact) mass is 388 g/mol. The molecule has 2 aliphatic heterocycles. The average molecular weight is 389 g/mol. The third-order valence-electron chi connectivity index (χ3n) is 4.06. The van der Waals surface area contributed by atoms with Gasteiger partial charge in [-0.15, -0.1) is 0 Å². The zero-order chi connectivity index (χ0) is 15.7. The maximum absolute atomic E-state index is 12.6. The molecule has 0 unspecified atom stereocenters. The lowest BCUT2D eigenvalue weighted by Gasteiger charge is -2.35.